The summed E-state index contributed by atoms with van der Waals surface area (Å²) in [5.74, 6) is -2.81. The zero-order valence-electron chi connectivity index (χ0n) is 9.56. The van der Waals surface area contributed by atoms with Crippen molar-refractivity contribution in [3.8, 4) is 0 Å². The number of amides is 1. The largest absolute Gasteiger partial charge is 0.405 e. The Bertz CT molecular complexity index is 690. The van der Waals surface area contributed by atoms with Crippen LogP contribution in [0.4, 0.5) is 17.6 Å². The second kappa shape index (κ2) is 6.15. The fourth-order valence-electron chi connectivity index (χ4n) is 1.24. The van der Waals surface area contributed by atoms with E-state index in [9.17, 15) is 30.8 Å². The Hall–Kier alpha value is -0.770. The van der Waals surface area contributed by atoms with Gasteiger partial charge >= 0.3 is 6.18 Å². The number of halogens is 7. The van der Waals surface area contributed by atoms with Crippen LogP contribution in [0.5, 0.6) is 0 Å². The molecule has 1 aromatic rings. The Morgan fingerprint density at radius 1 is 1.24 bits per heavy atom. The topological polar surface area (TPSA) is 63.2 Å². The van der Waals surface area contributed by atoms with E-state index < -0.39 is 54.0 Å². The zero-order valence-corrected chi connectivity index (χ0v) is 12.6. The molecule has 0 saturated carbocycles. The summed E-state index contributed by atoms with van der Waals surface area (Å²) in [7, 11) is 0.372. The van der Waals surface area contributed by atoms with Crippen LogP contribution in [0.25, 0.3) is 0 Å². The number of hydrogen-bond acceptors (Lipinski definition) is 3. The molecule has 0 bridgehead atoms. The Balaban J connectivity index is 3.33. The predicted molar refractivity (Wildman–Crippen MR) is 67.8 cm³/mol. The Morgan fingerprint density at radius 3 is 2.19 bits per heavy atom. The van der Waals surface area contributed by atoms with E-state index in [1.165, 1.54) is 5.32 Å². The van der Waals surface area contributed by atoms with Gasteiger partial charge in [-0.2, -0.15) is 13.2 Å². The molecule has 0 heterocycles. The van der Waals surface area contributed by atoms with Crippen molar-refractivity contribution < 1.29 is 30.8 Å². The summed E-state index contributed by atoms with van der Waals surface area (Å²) in [6, 6.07) is 0.405. The van der Waals surface area contributed by atoms with Gasteiger partial charge < -0.3 is 5.32 Å². The SMILES string of the molecule is O=C(NCC(F)(F)F)c1cc(F)c(Cl)c(S(=O)(=O)Cl)c1Cl. The lowest BCUT2D eigenvalue weighted by atomic mass is 10.2. The normalized spacial score (nSPS) is 12.3. The summed E-state index contributed by atoms with van der Waals surface area (Å²) in [6.45, 7) is -1.71. The minimum Gasteiger partial charge on any atom is -0.343 e. The highest BCUT2D eigenvalue weighted by Gasteiger charge is 2.31. The molecule has 0 aliphatic carbocycles. The Kier molecular flexibility index (Phi) is 5.36. The van der Waals surface area contributed by atoms with Crippen LogP contribution in [0.3, 0.4) is 0 Å². The smallest absolute Gasteiger partial charge is 0.343 e. The van der Waals surface area contributed by atoms with Crippen molar-refractivity contribution in [3.05, 3.63) is 27.5 Å². The molecule has 118 valence electrons. The molecule has 12 heteroatoms. The number of nitrogens with one attached hydrogen (secondary N) is 1. The molecule has 1 rings (SSSR count). The molecule has 0 aliphatic rings. The maximum Gasteiger partial charge on any atom is 0.405 e. The van der Waals surface area contributed by atoms with Gasteiger partial charge in [-0.15, -0.1) is 0 Å². The molecule has 0 saturated heterocycles. The summed E-state index contributed by atoms with van der Waals surface area (Å²) in [6.07, 6.45) is -4.71. The van der Waals surface area contributed by atoms with E-state index in [1.54, 1.807) is 0 Å². The van der Waals surface area contributed by atoms with Gasteiger partial charge in [0.15, 0.2) is 0 Å². The van der Waals surface area contributed by atoms with Crippen LogP contribution in [0.2, 0.25) is 10.0 Å². The van der Waals surface area contributed by atoms with Gasteiger partial charge in [-0.3, -0.25) is 4.79 Å². The van der Waals surface area contributed by atoms with Crippen molar-refractivity contribution in [2.75, 3.05) is 6.54 Å². The van der Waals surface area contributed by atoms with E-state index in [4.69, 9.17) is 33.9 Å². The van der Waals surface area contributed by atoms with E-state index >= 15 is 0 Å². The van der Waals surface area contributed by atoms with Crippen molar-refractivity contribution in [2.24, 2.45) is 0 Å². The van der Waals surface area contributed by atoms with Crippen LogP contribution < -0.4 is 5.32 Å². The number of carbonyl (C=O) groups is 1. The molecule has 1 amide bonds. The van der Waals surface area contributed by atoms with Crippen LogP contribution in [0.15, 0.2) is 11.0 Å². The van der Waals surface area contributed by atoms with Gasteiger partial charge in [0.05, 0.1) is 15.6 Å². The van der Waals surface area contributed by atoms with Crippen LogP contribution in [0, 0.1) is 5.82 Å². The molecule has 0 atom stereocenters. The molecule has 0 fully saturated rings. The third kappa shape index (κ3) is 4.60. The highest BCUT2D eigenvalue weighted by molar-refractivity contribution is 8.14. The average Bonchev–Trinajstić information content (AvgIpc) is 2.28. The fraction of sp³-hybridized carbons (Fsp3) is 0.222. The molecule has 4 nitrogen and oxygen atoms in total. The maximum atomic E-state index is 13.5. The molecule has 0 unspecified atom stereocenters. The number of benzene rings is 1. The molecular weight excluding hydrogens is 385 g/mol. The number of alkyl halides is 3. The third-order valence-electron chi connectivity index (χ3n) is 2.05. The van der Waals surface area contributed by atoms with Gasteiger partial charge in [0.2, 0.25) is 0 Å². The zero-order chi connectivity index (χ0) is 16.6. The van der Waals surface area contributed by atoms with Gasteiger partial charge in [0, 0.05) is 10.7 Å². The average molecular weight is 389 g/mol. The van der Waals surface area contributed by atoms with Crippen molar-refractivity contribution in [1.29, 1.82) is 0 Å². The standard InChI is InChI=1S/C9H4Cl3F4NO3S/c10-5-3(8(18)17-2-9(14,15)16)1-4(13)6(11)7(5)21(12,19)20/h1H,2H2,(H,17,18). The summed E-state index contributed by atoms with van der Waals surface area (Å²) in [4.78, 5) is 10.4. The van der Waals surface area contributed by atoms with Crippen LogP contribution >= 0.6 is 33.9 Å². The van der Waals surface area contributed by atoms with Crippen LogP contribution in [0.1, 0.15) is 10.4 Å². The van der Waals surface area contributed by atoms with Crippen molar-refractivity contribution >= 4 is 48.8 Å². The lowest BCUT2D eigenvalue weighted by Gasteiger charge is -2.12. The lowest BCUT2D eigenvalue weighted by Crippen LogP contribution is -2.34. The summed E-state index contributed by atoms with van der Waals surface area (Å²) in [5, 5.41) is -0.440. The first-order valence-electron chi connectivity index (χ1n) is 4.81. The summed E-state index contributed by atoms with van der Waals surface area (Å²) < 4.78 is 71.9. The number of rotatable bonds is 3. The molecule has 0 spiro atoms. The van der Waals surface area contributed by atoms with E-state index in [-0.39, 0.29) is 0 Å². The monoisotopic (exact) mass is 387 g/mol. The first-order chi connectivity index (χ1) is 9.34. The Morgan fingerprint density at radius 2 is 1.76 bits per heavy atom. The molecular formula is C9H4Cl3F4NO3S. The highest BCUT2D eigenvalue weighted by Crippen LogP contribution is 2.36. The Labute approximate surface area is 130 Å². The van der Waals surface area contributed by atoms with Gasteiger partial charge in [-0.25, -0.2) is 12.8 Å². The van der Waals surface area contributed by atoms with E-state index in [1.807, 2.05) is 0 Å². The maximum absolute atomic E-state index is 13.5. The molecule has 1 aromatic carbocycles. The molecule has 0 radical (unpaired) electrons. The quantitative estimate of drug-likeness (QED) is 0.491. The molecule has 0 aliphatic heterocycles. The molecule has 0 aromatic heterocycles. The summed E-state index contributed by atoms with van der Waals surface area (Å²) in [5.41, 5.74) is -0.845. The van der Waals surface area contributed by atoms with Crippen molar-refractivity contribution in [3.63, 3.8) is 0 Å². The van der Waals surface area contributed by atoms with Crippen molar-refractivity contribution in [2.45, 2.75) is 11.1 Å². The minimum atomic E-state index is -4.71. The van der Waals surface area contributed by atoms with E-state index in [0.717, 1.165) is 0 Å². The first-order valence-corrected chi connectivity index (χ1v) is 7.88. The third-order valence-corrected chi connectivity index (χ3v) is 4.40. The fourth-order valence-corrected chi connectivity index (χ4v) is 3.61. The second-order valence-corrected chi connectivity index (χ2v) is 6.86. The molecule has 1 N–H and O–H groups in total. The van der Waals surface area contributed by atoms with E-state index in [0.29, 0.717) is 6.07 Å². The van der Waals surface area contributed by atoms with E-state index in [2.05, 4.69) is 0 Å². The summed E-state index contributed by atoms with van der Waals surface area (Å²) >= 11 is 10.9. The number of carbonyl (C=O) groups excluding carboxylic acids is 1. The minimum absolute atomic E-state index is 0.405. The van der Waals surface area contributed by atoms with Crippen LogP contribution in [-0.2, 0) is 9.05 Å². The van der Waals surface area contributed by atoms with Crippen LogP contribution in [-0.4, -0.2) is 27.0 Å². The van der Waals surface area contributed by atoms with Gasteiger partial charge in [-0.05, 0) is 6.07 Å². The number of hydrogen-bond donors (Lipinski definition) is 1. The second-order valence-electron chi connectivity index (χ2n) is 3.60. The van der Waals surface area contributed by atoms with Crippen molar-refractivity contribution in [1.82, 2.24) is 5.32 Å². The lowest BCUT2D eigenvalue weighted by molar-refractivity contribution is -0.123. The highest BCUT2D eigenvalue weighted by atomic mass is 35.7. The van der Waals surface area contributed by atoms with Gasteiger partial charge in [-0.1, -0.05) is 23.2 Å². The van der Waals surface area contributed by atoms with Gasteiger partial charge in [0.1, 0.15) is 17.3 Å². The first kappa shape index (κ1) is 18.3. The predicted octanol–water partition coefficient (Wildman–Crippen LogP) is 3.35. The van der Waals surface area contributed by atoms with Gasteiger partial charge in [0.25, 0.3) is 15.0 Å². The molecule has 21 heavy (non-hydrogen) atoms.